The molecule has 33 heavy (non-hydrogen) atoms. The lowest BCUT2D eigenvalue weighted by Gasteiger charge is -2.37. The number of fused-ring (bicyclic) bond motifs is 1. The summed E-state index contributed by atoms with van der Waals surface area (Å²) in [5.41, 5.74) is 7.99. The fourth-order valence-electron chi connectivity index (χ4n) is 5.27. The molecule has 2 saturated carbocycles. The molecule has 3 aliphatic rings. The van der Waals surface area contributed by atoms with Crippen molar-refractivity contribution < 1.29 is 22.8 Å². The zero-order chi connectivity index (χ0) is 24.1. The van der Waals surface area contributed by atoms with Crippen molar-refractivity contribution >= 4 is 23.1 Å². The largest absolute Gasteiger partial charge is 0.416 e. The monoisotopic (exact) mass is 462 g/mol. The van der Waals surface area contributed by atoms with Crippen LogP contribution in [0.1, 0.15) is 31.4 Å². The number of halogens is 3. The number of hydrogen-bond acceptors (Lipinski definition) is 5. The predicted molar refractivity (Wildman–Crippen MR) is 120 cm³/mol. The van der Waals surface area contributed by atoms with Gasteiger partial charge in [0.1, 0.15) is 6.54 Å². The van der Waals surface area contributed by atoms with Gasteiger partial charge in [0.05, 0.1) is 11.3 Å². The van der Waals surface area contributed by atoms with Crippen LogP contribution in [0.25, 0.3) is 0 Å². The lowest BCUT2D eigenvalue weighted by atomic mass is 10.0. The third kappa shape index (κ3) is 4.37. The summed E-state index contributed by atoms with van der Waals surface area (Å²) in [6.07, 6.45) is -3.65. The third-order valence-corrected chi connectivity index (χ3v) is 7.29. The fourth-order valence-corrected chi connectivity index (χ4v) is 5.27. The van der Waals surface area contributed by atoms with E-state index in [-0.39, 0.29) is 35.4 Å². The number of ketones is 1. The number of benzene rings is 1. The number of nitrogens with two attached hydrogens (primary N) is 1. The number of anilines is 1. The number of alkyl halides is 3. The van der Waals surface area contributed by atoms with Crippen LogP contribution in [0.5, 0.6) is 0 Å². The molecule has 3 fully saturated rings. The molecule has 2 aliphatic carbocycles. The number of aliphatic imine (C=N–C) groups is 1. The first-order valence-electron chi connectivity index (χ1n) is 11.2. The van der Waals surface area contributed by atoms with E-state index in [1.807, 2.05) is 4.90 Å². The molecule has 9 heteroatoms. The zero-order valence-corrected chi connectivity index (χ0v) is 19.1. The van der Waals surface area contributed by atoms with Crippen LogP contribution in [0.15, 0.2) is 34.5 Å². The molecule has 3 unspecified atom stereocenters. The summed E-state index contributed by atoms with van der Waals surface area (Å²) in [6.45, 7) is 6.79. The Bertz CT molecular complexity index is 1040. The van der Waals surface area contributed by atoms with E-state index in [0.717, 1.165) is 23.8 Å². The second kappa shape index (κ2) is 8.50. The summed E-state index contributed by atoms with van der Waals surface area (Å²) >= 11 is 0. The van der Waals surface area contributed by atoms with Crippen LogP contribution in [0, 0.1) is 24.7 Å². The highest BCUT2D eigenvalue weighted by atomic mass is 19.4. The van der Waals surface area contributed by atoms with Crippen LogP contribution >= 0.6 is 0 Å². The Morgan fingerprint density at radius 3 is 2.45 bits per heavy atom. The van der Waals surface area contributed by atoms with Crippen molar-refractivity contribution in [3.63, 3.8) is 0 Å². The van der Waals surface area contributed by atoms with Crippen LogP contribution in [-0.4, -0.2) is 55.0 Å². The molecule has 3 atom stereocenters. The van der Waals surface area contributed by atoms with E-state index in [2.05, 4.69) is 11.9 Å². The molecular weight excluding hydrogens is 433 g/mol. The zero-order valence-electron chi connectivity index (χ0n) is 19.1. The first kappa shape index (κ1) is 23.3. The van der Waals surface area contributed by atoms with Gasteiger partial charge in [0.15, 0.2) is 5.78 Å². The van der Waals surface area contributed by atoms with Gasteiger partial charge in [-0.3, -0.25) is 14.6 Å². The van der Waals surface area contributed by atoms with Gasteiger partial charge >= 0.3 is 6.18 Å². The SMILES string of the molecule is CC(=O)C(N)=C1C(=NCC(=O)N2CCN(c3cccc(C(F)(F)F)c3C)CC2)CC2C(C)C12. The average molecular weight is 463 g/mol. The second-order valence-corrected chi connectivity index (χ2v) is 9.21. The Labute approximate surface area is 191 Å². The molecule has 1 saturated heterocycles. The maximum Gasteiger partial charge on any atom is 0.416 e. The van der Waals surface area contributed by atoms with Gasteiger partial charge < -0.3 is 15.5 Å². The van der Waals surface area contributed by atoms with Crippen molar-refractivity contribution in [3.8, 4) is 0 Å². The van der Waals surface area contributed by atoms with E-state index in [1.54, 1.807) is 11.0 Å². The fraction of sp³-hybridized carbons (Fsp3) is 0.542. The van der Waals surface area contributed by atoms with E-state index in [9.17, 15) is 22.8 Å². The number of piperazine rings is 1. The minimum absolute atomic E-state index is 0.0135. The van der Waals surface area contributed by atoms with Crippen molar-refractivity contribution in [1.29, 1.82) is 0 Å². The summed E-state index contributed by atoms with van der Waals surface area (Å²) in [6, 6.07) is 4.20. The number of nitrogens with zero attached hydrogens (tertiary/aromatic N) is 3. The highest BCUT2D eigenvalue weighted by molar-refractivity contribution is 6.11. The minimum atomic E-state index is -4.39. The van der Waals surface area contributed by atoms with Crippen LogP contribution < -0.4 is 10.6 Å². The number of carbonyl (C=O) groups excluding carboxylic acids is 2. The molecule has 2 N–H and O–H groups in total. The number of carbonyl (C=O) groups is 2. The molecular formula is C24H29F3N4O2. The maximum absolute atomic E-state index is 13.2. The Balaban J connectivity index is 1.39. The molecule has 1 aromatic carbocycles. The molecule has 1 aromatic rings. The van der Waals surface area contributed by atoms with E-state index in [0.29, 0.717) is 43.7 Å². The van der Waals surface area contributed by atoms with E-state index >= 15 is 0 Å². The highest BCUT2D eigenvalue weighted by Gasteiger charge is 2.56. The van der Waals surface area contributed by atoms with Gasteiger partial charge in [-0.1, -0.05) is 13.0 Å². The second-order valence-electron chi connectivity index (χ2n) is 9.21. The first-order chi connectivity index (χ1) is 15.5. The van der Waals surface area contributed by atoms with Crippen molar-refractivity contribution in [2.75, 3.05) is 37.6 Å². The minimum Gasteiger partial charge on any atom is -0.396 e. The van der Waals surface area contributed by atoms with Gasteiger partial charge in [-0.2, -0.15) is 13.2 Å². The third-order valence-electron chi connectivity index (χ3n) is 7.29. The van der Waals surface area contributed by atoms with Crippen LogP contribution in [0.3, 0.4) is 0 Å². The van der Waals surface area contributed by atoms with Crippen LogP contribution in [0.4, 0.5) is 18.9 Å². The molecule has 1 aliphatic heterocycles. The molecule has 1 amide bonds. The van der Waals surface area contributed by atoms with Gasteiger partial charge in [0.25, 0.3) is 0 Å². The Morgan fingerprint density at radius 2 is 1.85 bits per heavy atom. The average Bonchev–Trinajstić information content (AvgIpc) is 3.21. The molecule has 4 rings (SSSR count). The topological polar surface area (TPSA) is 79.0 Å². The van der Waals surface area contributed by atoms with Crippen LogP contribution in [-0.2, 0) is 15.8 Å². The van der Waals surface area contributed by atoms with Gasteiger partial charge in [-0.15, -0.1) is 0 Å². The van der Waals surface area contributed by atoms with E-state index in [4.69, 9.17) is 5.73 Å². The number of amides is 1. The van der Waals surface area contributed by atoms with Crippen molar-refractivity contribution in [2.45, 2.75) is 33.4 Å². The smallest absolute Gasteiger partial charge is 0.396 e. The molecule has 178 valence electrons. The molecule has 1 heterocycles. The van der Waals surface area contributed by atoms with Crippen LogP contribution in [0.2, 0.25) is 0 Å². The van der Waals surface area contributed by atoms with Crippen molar-refractivity contribution in [3.05, 3.63) is 40.6 Å². The number of allylic oxidation sites excluding steroid dienone is 2. The number of hydrogen-bond donors (Lipinski definition) is 1. The van der Waals surface area contributed by atoms with Gasteiger partial charge in [0.2, 0.25) is 5.91 Å². The number of rotatable bonds is 4. The van der Waals surface area contributed by atoms with Gasteiger partial charge in [-0.05, 0) is 48.8 Å². The molecule has 0 bridgehead atoms. The highest BCUT2D eigenvalue weighted by Crippen LogP contribution is 2.59. The summed E-state index contributed by atoms with van der Waals surface area (Å²) in [5.74, 6) is 0.898. The quantitative estimate of drug-likeness (QED) is 0.697. The summed E-state index contributed by atoms with van der Waals surface area (Å²) in [5, 5.41) is 0. The molecule has 0 radical (unpaired) electrons. The van der Waals surface area contributed by atoms with Gasteiger partial charge in [-0.25, -0.2) is 0 Å². The standard InChI is InChI=1S/C24H29F3N4O2/c1-13-16-11-18(22(21(13)16)23(28)15(3)32)29-12-20(33)31-9-7-30(8-10-31)19-6-4-5-17(14(19)2)24(25,26)27/h4-6,13,16,21H,7-12,28H2,1-3H3. The lowest BCUT2D eigenvalue weighted by Crippen LogP contribution is -2.49. The first-order valence-corrected chi connectivity index (χ1v) is 11.2. The summed E-state index contributed by atoms with van der Waals surface area (Å²) in [4.78, 5) is 32.7. The normalized spacial score (nSPS) is 27.6. The molecule has 6 nitrogen and oxygen atoms in total. The Hall–Kier alpha value is -2.84. The maximum atomic E-state index is 13.2. The predicted octanol–water partition coefficient (Wildman–Crippen LogP) is 3.19. The van der Waals surface area contributed by atoms with Crippen molar-refractivity contribution in [1.82, 2.24) is 4.90 Å². The summed E-state index contributed by atoms with van der Waals surface area (Å²) < 4.78 is 39.7. The number of Topliss-reactive ketones (excluding diaryl/α,β-unsaturated/α-hetero) is 1. The molecule has 0 spiro atoms. The molecule has 0 aromatic heterocycles. The summed E-state index contributed by atoms with van der Waals surface area (Å²) in [7, 11) is 0. The van der Waals surface area contributed by atoms with Gasteiger partial charge in [0, 0.05) is 50.1 Å². The Morgan fingerprint density at radius 1 is 1.18 bits per heavy atom. The Kier molecular flexibility index (Phi) is 6.01. The van der Waals surface area contributed by atoms with E-state index in [1.165, 1.54) is 19.9 Å². The van der Waals surface area contributed by atoms with E-state index < -0.39 is 11.7 Å². The van der Waals surface area contributed by atoms with Crippen molar-refractivity contribution in [2.24, 2.45) is 28.5 Å². The lowest BCUT2D eigenvalue weighted by molar-refractivity contribution is -0.138.